The van der Waals surface area contributed by atoms with E-state index < -0.39 is 71.9 Å². The van der Waals surface area contributed by atoms with E-state index in [0.717, 1.165) is 38.5 Å². The minimum absolute atomic E-state index is 0.0671. The van der Waals surface area contributed by atoms with Gasteiger partial charge in [0.2, 0.25) is 23.5 Å². The molecular weight excluding hydrogens is 514 g/mol. The predicted molar refractivity (Wildman–Crippen MR) is 136 cm³/mol. The van der Waals surface area contributed by atoms with E-state index in [1.54, 1.807) is 20.8 Å². The highest BCUT2D eigenvalue weighted by Crippen LogP contribution is 2.72. The maximum absolute atomic E-state index is 13.8. The average molecular weight is 555 g/mol. The lowest BCUT2D eigenvalue weighted by molar-refractivity contribution is -0.145. The summed E-state index contributed by atoms with van der Waals surface area (Å²) >= 11 is 0. The molecule has 1 spiro atoms. The molecule has 0 bridgehead atoms. The van der Waals surface area contributed by atoms with E-state index in [0.29, 0.717) is 6.92 Å². The lowest BCUT2D eigenvalue weighted by Gasteiger charge is -2.37. The Hall–Kier alpha value is -2.79. The lowest BCUT2D eigenvalue weighted by atomic mass is 9.85. The predicted octanol–water partition coefficient (Wildman–Crippen LogP) is 2.45. The Morgan fingerprint density at radius 3 is 2.15 bits per heavy atom. The van der Waals surface area contributed by atoms with Crippen LogP contribution in [0.1, 0.15) is 79.1 Å². The lowest BCUT2D eigenvalue weighted by Crippen LogP contribution is -2.60. The van der Waals surface area contributed by atoms with Crippen LogP contribution in [0.5, 0.6) is 0 Å². The minimum atomic E-state index is -3.11. The first-order valence-electron chi connectivity index (χ1n) is 13.9. The summed E-state index contributed by atoms with van der Waals surface area (Å²) in [5, 5.41) is 16.8. The molecule has 3 saturated carbocycles. The third-order valence-corrected chi connectivity index (χ3v) is 8.90. The third kappa shape index (κ3) is 6.19. The van der Waals surface area contributed by atoms with E-state index in [4.69, 9.17) is 0 Å². The molecule has 0 aromatic carbocycles. The maximum Gasteiger partial charge on any atom is 0.405 e. The molecule has 1 heterocycles. The van der Waals surface area contributed by atoms with Gasteiger partial charge in [0.25, 0.3) is 5.91 Å². The van der Waals surface area contributed by atoms with Gasteiger partial charge in [-0.1, -0.05) is 33.6 Å². The highest BCUT2D eigenvalue weighted by Gasteiger charge is 2.74. The van der Waals surface area contributed by atoms with Gasteiger partial charge in [0.1, 0.15) is 12.1 Å². The summed E-state index contributed by atoms with van der Waals surface area (Å²) in [6.07, 6.45) is 2.79. The molecule has 1 aliphatic heterocycles. The zero-order valence-corrected chi connectivity index (χ0v) is 23.0. The second kappa shape index (κ2) is 10.3. The number of hydrogen-bond acceptors (Lipinski definition) is 5. The number of halogens is 2. The van der Waals surface area contributed by atoms with Crippen molar-refractivity contribution in [2.24, 2.45) is 22.7 Å². The summed E-state index contributed by atoms with van der Waals surface area (Å²) in [4.78, 5) is 65.9. The second-order valence-electron chi connectivity index (χ2n) is 13.0. The van der Waals surface area contributed by atoms with Crippen LogP contribution in [0.15, 0.2) is 0 Å². The standard InChI is InChI=1S/C27H40F2N4O6/c1-25(2,3)20(32-24(38)39)23(37)33-13-15-17(27(15)10-5-6-11-27)18(33)21(35)31-16(9-12-26(4,28)29)19(34)22(36)30-14-7-8-14/h14-18,20,32H,5-13H2,1-4H3,(H,30,36)(H,31,35)(H,38,39)/t15-,16-,17-,18-,20+/m0/s1. The van der Waals surface area contributed by atoms with Crippen LogP contribution in [0.25, 0.3) is 0 Å². The maximum atomic E-state index is 13.8. The summed E-state index contributed by atoms with van der Waals surface area (Å²) in [7, 11) is 0. The Labute approximate surface area is 227 Å². The van der Waals surface area contributed by atoms with Crippen molar-refractivity contribution < 1.29 is 37.9 Å². The summed E-state index contributed by atoms with van der Waals surface area (Å²) in [5.74, 6) is -6.33. The van der Waals surface area contributed by atoms with Crippen molar-refractivity contribution in [1.82, 2.24) is 20.9 Å². The third-order valence-electron chi connectivity index (χ3n) is 8.90. The van der Waals surface area contributed by atoms with E-state index >= 15 is 0 Å². The van der Waals surface area contributed by atoms with Gasteiger partial charge >= 0.3 is 6.09 Å². The highest BCUT2D eigenvalue weighted by molar-refractivity contribution is 6.38. The monoisotopic (exact) mass is 554 g/mol. The van der Waals surface area contributed by atoms with Gasteiger partial charge in [-0.2, -0.15) is 0 Å². The number of nitrogens with one attached hydrogen (secondary N) is 3. The van der Waals surface area contributed by atoms with Crippen LogP contribution in [0.2, 0.25) is 0 Å². The fourth-order valence-electron chi connectivity index (χ4n) is 6.73. The van der Waals surface area contributed by atoms with Gasteiger partial charge in [-0.15, -0.1) is 0 Å². The van der Waals surface area contributed by atoms with Crippen LogP contribution in [0, 0.1) is 22.7 Å². The molecule has 3 aliphatic carbocycles. The molecule has 4 rings (SSSR count). The smallest absolute Gasteiger partial charge is 0.405 e. The summed E-state index contributed by atoms with van der Waals surface area (Å²) in [6.45, 7) is 6.14. The van der Waals surface area contributed by atoms with Crippen molar-refractivity contribution in [2.75, 3.05) is 6.54 Å². The number of amides is 4. The number of likely N-dealkylation sites (tertiary alicyclic amines) is 1. The quantitative estimate of drug-likeness (QED) is 0.305. The van der Waals surface area contributed by atoms with Crippen molar-refractivity contribution in [3.63, 3.8) is 0 Å². The number of carboxylic acid groups (broad SMARTS) is 1. The molecule has 5 atom stereocenters. The molecule has 4 aliphatic rings. The molecular formula is C27H40F2N4O6. The van der Waals surface area contributed by atoms with Gasteiger partial charge in [-0.3, -0.25) is 19.2 Å². The summed E-state index contributed by atoms with van der Waals surface area (Å²) in [6, 6.07) is -3.70. The molecule has 4 amide bonds. The molecule has 4 N–H and O–H groups in total. The number of rotatable bonds is 10. The Morgan fingerprint density at radius 1 is 1.03 bits per heavy atom. The first kappa shape index (κ1) is 29.2. The van der Waals surface area contributed by atoms with Gasteiger partial charge in [0.05, 0.1) is 6.04 Å². The van der Waals surface area contributed by atoms with Crippen molar-refractivity contribution in [3.8, 4) is 0 Å². The van der Waals surface area contributed by atoms with Crippen LogP contribution < -0.4 is 16.0 Å². The van der Waals surface area contributed by atoms with E-state index in [1.165, 1.54) is 4.90 Å². The van der Waals surface area contributed by atoms with Gasteiger partial charge in [-0.05, 0) is 61.7 Å². The first-order chi connectivity index (χ1) is 18.0. The van der Waals surface area contributed by atoms with E-state index in [2.05, 4.69) is 16.0 Å². The Kier molecular flexibility index (Phi) is 7.72. The van der Waals surface area contributed by atoms with Gasteiger partial charge in [-0.25, -0.2) is 13.6 Å². The molecule has 12 heteroatoms. The molecule has 10 nitrogen and oxygen atoms in total. The second-order valence-corrected chi connectivity index (χ2v) is 13.0. The van der Waals surface area contributed by atoms with E-state index in [1.807, 2.05) is 0 Å². The van der Waals surface area contributed by atoms with Crippen molar-refractivity contribution in [3.05, 3.63) is 0 Å². The SMILES string of the molecule is CC(F)(F)CC[C@H](NC(=O)[C@@H]1[C@@H]2[C@H](CN1C(=O)[C@@H](NC(=O)O)C(C)(C)C)C21CCCC1)C(=O)C(=O)NC1CC1. The first-order valence-corrected chi connectivity index (χ1v) is 13.9. The highest BCUT2D eigenvalue weighted by atomic mass is 19.3. The Balaban J connectivity index is 1.58. The molecule has 1 saturated heterocycles. The van der Waals surface area contributed by atoms with E-state index in [-0.39, 0.29) is 29.8 Å². The number of carbonyl (C=O) groups is 5. The van der Waals surface area contributed by atoms with Gasteiger partial charge in [0, 0.05) is 19.0 Å². The van der Waals surface area contributed by atoms with Crippen molar-refractivity contribution in [2.45, 2.75) is 109 Å². The number of alkyl halides is 2. The molecule has 0 aromatic rings. The molecule has 39 heavy (non-hydrogen) atoms. The zero-order valence-electron chi connectivity index (χ0n) is 23.0. The molecule has 4 fully saturated rings. The largest absolute Gasteiger partial charge is 0.465 e. The number of piperidine rings is 1. The molecule has 0 unspecified atom stereocenters. The normalized spacial score (nSPS) is 26.9. The average Bonchev–Trinajstić information content (AvgIpc) is 3.59. The van der Waals surface area contributed by atoms with Crippen LogP contribution in [0.3, 0.4) is 0 Å². The number of hydrogen-bond donors (Lipinski definition) is 4. The van der Waals surface area contributed by atoms with Crippen LogP contribution in [-0.2, 0) is 19.2 Å². The Morgan fingerprint density at radius 2 is 1.64 bits per heavy atom. The minimum Gasteiger partial charge on any atom is -0.465 e. The summed E-state index contributed by atoms with van der Waals surface area (Å²) < 4.78 is 27.4. The molecule has 218 valence electrons. The summed E-state index contributed by atoms with van der Waals surface area (Å²) in [5.41, 5.74) is -0.879. The number of Topliss-reactive ketones (excluding diaryl/α,β-unsaturated/α-hetero) is 1. The Bertz CT molecular complexity index is 1030. The number of fused-ring (bicyclic) bond motifs is 3. The topological polar surface area (TPSA) is 145 Å². The zero-order chi connectivity index (χ0) is 28.9. The number of carbonyl (C=O) groups excluding carboxylic acids is 4. The fraction of sp³-hybridized carbons (Fsp3) is 0.815. The van der Waals surface area contributed by atoms with Crippen molar-refractivity contribution in [1.29, 1.82) is 0 Å². The van der Waals surface area contributed by atoms with Crippen LogP contribution in [0.4, 0.5) is 13.6 Å². The fourth-order valence-corrected chi connectivity index (χ4v) is 6.73. The van der Waals surface area contributed by atoms with Crippen molar-refractivity contribution >= 4 is 29.6 Å². The van der Waals surface area contributed by atoms with Crippen LogP contribution in [-0.4, -0.2) is 76.2 Å². The van der Waals surface area contributed by atoms with E-state index in [9.17, 15) is 37.9 Å². The van der Waals surface area contributed by atoms with Gasteiger partial charge < -0.3 is 26.0 Å². The van der Waals surface area contributed by atoms with Gasteiger partial charge in [0.15, 0.2) is 0 Å². The molecule has 0 radical (unpaired) electrons. The number of ketones is 1. The number of nitrogens with zero attached hydrogens (tertiary/aromatic N) is 1. The molecule has 0 aromatic heterocycles. The van der Waals surface area contributed by atoms with Crippen LogP contribution >= 0.6 is 0 Å².